The molecule has 1 aromatic heterocycles. The number of aromatic nitrogens is 3. The van der Waals surface area contributed by atoms with Gasteiger partial charge in [0.2, 0.25) is 0 Å². The molecule has 4 nitrogen and oxygen atoms in total. The summed E-state index contributed by atoms with van der Waals surface area (Å²) < 4.78 is 0. The fraction of sp³-hybridized carbons (Fsp3) is 0.227. The van der Waals surface area contributed by atoms with Gasteiger partial charge in [0.1, 0.15) is 0 Å². The van der Waals surface area contributed by atoms with Crippen molar-refractivity contribution in [1.82, 2.24) is 15.0 Å². The van der Waals surface area contributed by atoms with Gasteiger partial charge in [-0.2, -0.15) is 0 Å². The Bertz CT molecular complexity index is 2090. The van der Waals surface area contributed by atoms with Gasteiger partial charge in [0, 0.05) is 16.7 Å². The van der Waals surface area contributed by atoms with E-state index in [1.807, 2.05) is 42.5 Å². The Labute approximate surface area is 282 Å². The monoisotopic (exact) mass is 620 g/mol. The van der Waals surface area contributed by atoms with Crippen molar-refractivity contribution >= 4 is 5.69 Å². The SMILES string of the molecule is [C-]#[N+]c1ccc(-c2nc(-c3ccccc3)nc(-c3ccc(-c4ccc(-c5ccc(C67CC8CC(CC(C8)C6)C7)cc5)cc4)cc3)n2)cc1. The van der Waals surface area contributed by atoms with Gasteiger partial charge < -0.3 is 0 Å². The van der Waals surface area contributed by atoms with E-state index in [1.165, 1.54) is 55.2 Å². The van der Waals surface area contributed by atoms with Crippen LogP contribution in [0.3, 0.4) is 0 Å². The zero-order valence-electron chi connectivity index (χ0n) is 26.9. The minimum atomic E-state index is 0.444. The van der Waals surface area contributed by atoms with Crippen molar-refractivity contribution in [3.8, 4) is 56.4 Å². The van der Waals surface area contributed by atoms with Crippen LogP contribution in [-0.4, -0.2) is 15.0 Å². The quantitative estimate of drug-likeness (QED) is 0.174. The average Bonchev–Trinajstić information content (AvgIpc) is 3.15. The van der Waals surface area contributed by atoms with Gasteiger partial charge >= 0.3 is 0 Å². The van der Waals surface area contributed by atoms with Crippen LogP contribution in [0.5, 0.6) is 0 Å². The van der Waals surface area contributed by atoms with Crippen LogP contribution in [0.1, 0.15) is 44.1 Å². The number of nitrogens with zero attached hydrogens (tertiary/aromatic N) is 4. The summed E-state index contributed by atoms with van der Waals surface area (Å²) in [7, 11) is 0. The molecule has 4 bridgehead atoms. The van der Waals surface area contributed by atoms with Crippen LogP contribution in [0.25, 0.3) is 61.3 Å². The summed E-state index contributed by atoms with van der Waals surface area (Å²) in [5.74, 6) is 4.72. The molecule has 4 saturated carbocycles. The molecule has 0 unspecified atom stereocenters. The van der Waals surface area contributed by atoms with E-state index < -0.39 is 0 Å². The Kier molecular flexibility index (Phi) is 7.01. The number of benzene rings is 5. The lowest BCUT2D eigenvalue weighted by Crippen LogP contribution is -2.48. The molecule has 4 fully saturated rings. The van der Waals surface area contributed by atoms with E-state index in [0.717, 1.165) is 40.0 Å². The molecule has 10 rings (SSSR count). The fourth-order valence-electron chi connectivity index (χ4n) is 9.18. The molecule has 0 atom stereocenters. The first kappa shape index (κ1) is 28.8. The molecule has 0 amide bonds. The summed E-state index contributed by atoms with van der Waals surface area (Å²) in [4.78, 5) is 18.0. The number of hydrogen-bond donors (Lipinski definition) is 0. The Hall–Kier alpha value is -5.40. The van der Waals surface area contributed by atoms with Crippen LogP contribution in [-0.2, 0) is 5.41 Å². The van der Waals surface area contributed by atoms with Crippen molar-refractivity contribution in [2.24, 2.45) is 17.8 Å². The van der Waals surface area contributed by atoms with E-state index in [4.69, 9.17) is 21.5 Å². The summed E-state index contributed by atoms with van der Waals surface area (Å²) in [6, 6.07) is 44.3. The minimum Gasteiger partial charge on any atom is -0.238 e. The molecule has 0 saturated heterocycles. The van der Waals surface area contributed by atoms with Crippen molar-refractivity contribution in [3.05, 3.63) is 144 Å². The molecule has 6 aromatic rings. The molecule has 0 radical (unpaired) electrons. The van der Waals surface area contributed by atoms with Crippen LogP contribution >= 0.6 is 0 Å². The van der Waals surface area contributed by atoms with E-state index in [9.17, 15) is 0 Å². The predicted octanol–water partition coefficient (Wildman–Crippen LogP) is 11.2. The van der Waals surface area contributed by atoms with Gasteiger partial charge in [-0.1, -0.05) is 127 Å². The second-order valence-electron chi connectivity index (χ2n) is 14.3. The Balaban J connectivity index is 0.963. The molecule has 4 aliphatic carbocycles. The first-order valence-corrected chi connectivity index (χ1v) is 17.2. The number of hydrogen-bond acceptors (Lipinski definition) is 3. The maximum absolute atomic E-state index is 7.29. The molecule has 232 valence electrons. The first-order valence-electron chi connectivity index (χ1n) is 17.2. The van der Waals surface area contributed by atoms with E-state index in [1.54, 1.807) is 17.7 Å². The second kappa shape index (κ2) is 11.7. The van der Waals surface area contributed by atoms with Crippen molar-refractivity contribution in [3.63, 3.8) is 0 Å². The van der Waals surface area contributed by atoms with Crippen LogP contribution in [0.15, 0.2) is 127 Å². The summed E-state index contributed by atoms with van der Waals surface area (Å²) in [5, 5.41) is 0. The summed E-state index contributed by atoms with van der Waals surface area (Å²) >= 11 is 0. The molecule has 1 heterocycles. The zero-order chi connectivity index (χ0) is 32.1. The molecule has 4 heteroatoms. The zero-order valence-corrected chi connectivity index (χ0v) is 26.9. The molecule has 4 aliphatic rings. The highest BCUT2D eigenvalue weighted by atomic mass is 15.0. The van der Waals surface area contributed by atoms with E-state index >= 15 is 0 Å². The highest BCUT2D eigenvalue weighted by Crippen LogP contribution is 2.60. The van der Waals surface area contributed by atoms with Gasteiger partial charge in [-0.05, 0) is 89.5 Å². The highest BCUT2D eigenvalue weighted by Gasteiger charge is 2.51. The van der Waals surface area contributed by atoms with Crippen molar-refractivity contribution in [1.29, 1.82) is 0 Å². The average molecular weight is 621 g/mol. The molecule has 5 aromatic carbocycles. The van der Waals surface area contributed by atoms with E-state index in [-0.39, 0.29) is 0 Å². The van der Waals surface area contributed by atoms with Crippen molar-refractivity contribution in [2.45, 2.75) is 43.9 Å². The molecule has 48 heavy (non-hydrogen) atoms. The van der Waals surface area contributed by atoms with Crippen LogP contribution < -0.4 is 0 Å². The van der Waals surface area contributed by atoms with Crippen molar-refractivity contribution < 1.29 is 0 Å². The predicted molar refractivity (Wildman–Crippen MR) is 193 cm³/mol. The van der Waals surface area contributed by atoms with E-state index in [0.29, 0.717) is 28.6 Å². The third-order valence-electron chi connectivity index (χ3n) is 11.2. The third kappa shape index (κ3) is 5.30. The van der Waals surface area contributed by atoms with Crippen LogP contribution in [0.2, 0.25) is 0 Å². The first-order chi connectivity index (χ1) is 23.6. The van der Waals surface area contributed by atoms with Gasteiger partial charge in [-0.25, -0.2) is 19.8 Å². The lowest BCUT2D eigenvalue weighted by atomic mass is 9.48. The third-order valence-corrected chi connectivity index (χ3v) is 11.2. The summed E-state index contributed by atoms with van der Waals surface area (Å²) in [5.41, 5.74) is 10.2. The lowest BCUT2D eigenvalue weighted by molar-refractivity contribution is -0.00518. The van der Waals surface area contributed by atoms with Gasteiger partial charge in [0.05, 0.1) is 6.57 Å². The van der Waals surface area contributed by atoms with E-state index in [2.05, 4.69) is 77.6 Å². The topological polar surface area (TPSA) is 43.0 Å². The molecule has 0 N–H and O–H groups in total. The fourth-order valence-corrected chi connectivity index (χ4v) is 9.18. The normalized spacial score (nSPS) is 22.4. The van der Waals surface area contributed by atoms with Gasteiger partial charge in [0.15, 0.2) is 23.2 Å². The standard InChI is InChI=1S/C44H36N4/c1-45-40-21-17-38(18-22-40)43-47-41(36-5-3-2-4-6-36)46-42(48-43)37-13-11-34(12-14-37)32-7-9-33(10-8-32)35-15-19-39(20-16-35)44-26-29-23-30(27-44)25-31(24-29)28-44/h2-22,29-31H,23-28H2. The van der Waals surface area contributed by atoms with Gasteiger partial charge in [0.25, 0.3) is 0 Å². The van der Waals surface area contributed by atoms with Crippen LogP contribution in [0.4, 0.5) is 5.69 Å². The molecule has 0 spiro atoms. The lowest BCUT2D eigenvalue weighted by Gasteiger charge is -2.57. The maximum Gasteiger partial charge on any atom is 0.187 e. The Morgan fingerprint density at radius 3 is 1.21 bits per heavy atom. The smallest absolute Gasteiger partial charge is 0.187 e. The van der Waals surface area contributed by atoms with Crippen molar-refractivity contribution in [2.75, 3.05) is 0 Å². The minimum absolute atomic E-state index is 0.444. The Morgan fingerprint density at radius 1 is 0.438 bits per heavy atom. The molecule has 0 aliphatic heterocycles. The maximum atomic E-state index is 7.29. The summed E-state index contributed by atoms with van der Waals surface area (Å²) in [6.45, 7) is 7.29. The summed E-state index contributed by atoms with van der Waals surface area (Å²) in [6.07, 6.45) is 8.69. The Morgan fingerprint density at radius 2 is 0.792 bits per heavy atom. The molecular weight excluding hydrogens is 585 g/mol. The van der Waals surface area contributed by atoms with Crippen LogP contribution in [0, 0.1) is 24.3 Å². The van der Waals surface area contributed by atoms with Gasteiger partial charge in [-0.3, -0.25) is 0 Å². The number of rotatable bonds is 6. The largest absolute Gasteiger partial charge is 0.238 e. The van der Waals surface area contributed by atoms with Gasteiger partial charge in [-0.15, -0.1) is 0 Å². The second-order valence-corrected chi connectivity index (χ2v) is 14.3. The molecular formula is C44H36N4. The highest BCUT2D eigenvalue weighted by molar-refractivity contribution is 5.73.